The molecule has 0 aromatic heterocycles. The molecule has 0 bridgehead atoms. The van der Waals surface area contributed by atoms with Crippen LogP contribution in [0.1, 0.15) is 19.8 Å². The summed E-state index contributed by atoms with van der Waals surface area (Å²) in [4.78, 5) is 0. The van der Waals surface area contributed by atoms with E-state index in [0.717, 1.165) is 6.42 Å². The second-order valence-corrected chi connectivity index (χ2v) is 2.68. The van der Waals surface area contributed by atoms with Gasteiger partial charge in [-0.2, -0.15) is 0 Å². The first-order chi connectivity index (χ1) is 5.27. The van der Waals surface area contributed by atoms with Crippen LogP contribution < -0.4 is 0 Å². The lowest BCUT2D eigenvalue weighted by Gasteiger charge is -2.24. The van der Waals surface area contributed by atoms with Gasteiger partial charge in [-0.25, -0.2) is 0 Å². The smallest absolute Gasteiger partial charge is 0.189 e. The van der Waals surface area contributed by atoms with Crippen LogP contribution in [0.4, 0.5) is 0 Å². The Morgan fingerprint density at radius 3 is 2.91 bits per heavy atom. The van der Waals surface area contributed by atoms with E-state index in [0.29, 0.717) is 13.0 Å². The van der Waals surface area contributed by atoms with Crippen LogP contribution in [-0.2, 0) is 4.74 Å². The largest absolute Gasteiger partial charge is 0.362 e. The summed E-state index contributed by atoms with van der Waals surface area (Å²) in [7, 11) is 0. The van der Waals surface area contributed by atoms with Crippen molar-refractivity contribution in [3.63, 3.8) is 0 Å². The SMILES string of the molecule is CCCOC1(O)C=CC=CC1. The zero-order valence-corrected chi connectivity index (χ0v) is 6.79. The van der Waals surface area contributed by atoms with Crippen LogP contribution in [0, 0.1) is 0 Å². The Bertz CT molecular complexity index is 172. The number of aliphatic hydroxyl groups is 1. The Morgan fingerprint density at radius 2 is 2.36 bits per heavy atom. The van der Waals surface area contributed by atoms with Crippen molar-refractivity contribution in [2.75, 3.05) is 6.61 Å². The second kappa shape index (κ2) is 3.69. The van der Waals surface area contributed by atoms with Gasteiger partial charge in [-0.15, -0.1) is 0 Å². The van der Waals surface area contributed by atoms with E-state index in [9.17, 15) is 5.11 Å². The Labute approximate surface area is 67.2 Å². The molecule has 1 unspecified atom stereocenters. The summed E-state index contributed by atoms with van der Waals surface area (Å²) in [6.45, 7) is 2.63. The van der Waals surface area contributed by atoms with Gasteiger partial charge in [0, 0.05) is 6.42 Å². The standard InChI is InChI=1S/C9H14O2/c1-2-8-11-9(10)6-4-3-5-7-9/h3-6,10H,2,7-8H2,1H3. The summed E-state index contributed by atoms with van der Waals surface area (Å²) < 4.78 is 5.24. The van der Waals surface area contributed by atoms with Gasteiger partial charge in [0.15, 0.2) is 5.79 Å². The molecule has 1 aliphatic carbocycles. The Balaban J connectivity index is 2.40. The Kier molecular flexibility index (Phi) is 2.85. The molecule has 1 rings (SSSR count). The molecule has 0 spiro atoms. The molecule has 2 heteroatoms. The van der Waals surface area contributed by atoms with Crippen LogP contribution in [0.3, 0.4) is 0 Å². The average molecular weight is 154 g/mol. The summed E-state index contributed by atoms with van der Waals surface area (Å²) >= 11 is 0. The summed E-state index contributed by atoms with van der Waals surface area (Å²) in [6, 6.07) is 0. The van der Waals surface area contributed by atoms with Gasteiger partial charge in [-0.3, -0.25) is 0 Å². The van der Waals surface area contributed by atoms with E-state index in [1.165, 1.54) is 0 Å². The molecule has 0 amide bonds. The summed E-state index contributed by atoms with van der Waals surface area (Å²) in [5.41, 5.74) is 0. The van der Waals surface area contributed by atoms with Crippen molar-refractivity contribution < 1.29 is 9.84 Å². The maximum Gasteiger partial charge on any atom is 0.189 e. The lowest BCUT2D eigenvalue weighted by molar-refractivity contribution is -0.164. The van der Waals surface area contributed by atoms with E-state index >= 15 is 0 Å². The molecule has 0 saturated heterocycles. The first-order valence-electron chi connectivity index (χ1n) is 3.97. The third kappa shape index (κ3) is 2.48. The van der Waals surface area contributed by atoms with Crippen molar-refractivity contribution in [3.8, 4) is 0 Å². The van der Waals surface area contributed by atoms with Crippen molar-refractivity contribution in [1.82, 2.24) is 0 Å². The fourth-order valence-corrected chi connectivity index (χ4v) is 0.975. The van der Waals surface area contributed by atoms with E-state index in [-0.39, 0.29) is 0 Å². The van der Waals surface area contributed by atoms with Gasteiger partial charge in [0.25, 0.3) is 0 Å². The van der Waals surface area contributed by atoms with E-state index in [1.807, 2.05) is 19.1 Å². The highest BCUT2D eigenvalue weighted by Crippen LogP contribution is 2.18. The van der Waals surface area contributed by atoms with E-state index < -0.39 is 5.79 Å². The summed E-state index contributed by atoms with van der Waals surface area (Å²) in [5, 5.41) is 9.64. The van der Waals surface area contributed by atoms with Gasteiger partial charge in [0.2, 0.25) is 0 Å². The molecule has 1 N–H and O–H groups in total. The lowest BCUT2D eigenvalue weighted by Crippen LogP contribution is -2.30. The molecule has 0 radical (unpaired) electrons. The zero-order valence-electron chi connectivity index (χ0n) is 6.79. The molecule has 11 heavy (non-hydrogen) atoms. The highest BCUT2D eigenvalue weighted by atomic mass is 16.6. The minimum atomic E-state index is -1.04. The monoisotopic (exact) mass is 154 g/mol. The van der Waals surface area contributed by atoms with Gasteiger partial charge in [0.1, 0.15) is 0 Å². The predicted molar refractivity (Wildman–Crippen MR) is 44.1 cm³/mol. The van der Waals surface area contributed by atoms with Crippen LogP contribution in [0.15, 0.2) is 24.3 Å². The molecule has 2 nitrogen and oxygen atoms in total. The molecule has 1 atom stereocenters. The van der Waals surface area contributed by atoms with Crippen molar-refractivity contribution in [1.29, 1.82) is 0 Å². The van der Waals surface area contributed by atoms with E-state index in [4.69, 9.17) is 4.74 Å². The van der Waals surface area contributed by atoms with Gasteiger partial charge in [0.05, 0.1) is 6.61 Å². The van der Waals surface area contributed by atoms with E-state index in [2.05, 4.69) is 0 Å². The van der Waals surface area contributed by atoms with Crippen molar-refractivity contribution in [2.24, 2.45) is 0 Å². The minimum absolute atomic E-state index is 0.559. The summed E-state index contributed by atoms with van der Waals surface area (Å²) in [5.74, 6) is -1.04. The van der Waals surface area contributed by atoms with Crippen molar-refractivity contribution in [3.05, 3.63) is 24.3 Å². The molecular weight excluding hydrogens is 140 g/mol. The molecule has 62 valence electrons. The van der Waals surface area contributed by atoms with Crippen LogP contribution in [0.25, 0.3) is 0 Å². The number of hydrogen-bond donors (Lipinski definition) is 1. The molecule has 1 aliphatic rings. The quantitative estimate of drug-likeness (QED) is 0.626. The van der Waals surface area contributed by atoms with Crippen molar-refractivity contribution in [2.45, 2.75) is 25.6 Å². The van der Waals surface area contributed by atoms with Gasteiger partial charge in [-0.1, -0.05) is 25.2 Å². The lowest BCUT2D eigenvalue weighted by atomic mass is 10.1. The number of hydrogen-bond acceptors (Lipinski definition) is 2. The molecule has 0 heterocycles. The first kappa shape index (κ1) is 8.50. The number of ether oxygens (including phenoxy) is 1. The first-order valence-corrected chi connectivity index (χ1v) is 3.97. The Morgan fingerprint density at radius 1 is 1.55 bits per heavy atom. The topological polar surface area (TPSA) is 29.5 Å². The molecule has 0 saturated carbocycles. The number of rotatable bonds is 3. The van der Waals surface area contributed by atoms with Gasteiger partial charge < -0.3 is 9.84 Å². The normalized spacial score (nSPS) is 29.3. The zero-order chi connectivity index (χ0) is 8.16. The Hall–Kier alpha value is -0.600. The third-order valence-corrected chi connectivity index (χ3v) is 1.57. The van der Waals surface area contributed by atoms with Gasteiger partial charge in [-0.05, 0) is 12.5 Å². The van der Waals surface area contributed by atoms with Crippen LogP contribution >= 0.6 is 0 Å². The number of allylic oxidation sites excluding steroid dienone is 2. The van der Waals surface area contributed by atoms with Crippen molar-refractivity contribution >= 4 is 0 Å². The maximum atomic E-state index is 9.64. The maximum absolute atomic E-state index is 9.64. The fourth-order valence-electron chi connectivity index (χ4n) is 0.975. The highest BCUT2D eigenvalue weighted by Gasteiger charge is 2.22. The van der Waals surface area contributed by atoms with Crippen LogP contribution in [0.5, 0.6) is 0 Å². The van der Waals surface area contributed by atoms with Crippen LogP contribution in [-0.4, -0.2) is 17.5 Å². The second-order valence-electron chi connectivity index (χ2n) is 2.68. The van der Waals surface area contributed by atoms with Crippen LogP contribution in [0.2, 0.25) is 0 Å². The third-order valence-electron chi connectivity index (χ3n) is 1.57. The predicted octanol–water partition coefficient (Wildman–Crippen LogP) is 1.62. The molecule has 0 aliphatic heterocycles. The average Bonchev–Trinajstić information content (AvgIpc) is 2.03. The molecule has 0 aromatic rings. The molecular formula is C9H14O2. The minimum Gasteiger partial charge on any atom is -0.362 e. The van der Waals surface area contributed by atoms with E-state index in [1.54, 1.807) is 12.2 Å². The molecule has 0 aromatic carbocycles. The van der Waals surface area contributed by atoms with Gasteiger partial charge >= 0.3 is 0 Å². The fraction of sp³-hybridized carbons (Fsp3) is 0.556. The highest BCUT2D eigenvalue weighted by molar-refractivity contribution is 5.14. The summed E-state index contributed by atoms with van der Waals surface area (Å²) in [6.07, 6.45) is 8.78. The molecule has 0 fully saturated rings.